The number of aliphatic hydroxyl groups is 1. The highest BCUT2D eigenvalue weighted by Gasteiger charge is 2.48. The molecule has 0 heterocycles. The Morgan fingerprint density at radius 2 is 1.49 bits per heavy atom. The average molecular weight is 483 g/mol. The molecule has 0 bridgehead atoms. The van der Waals surface area contributed by atoms with E-state index in [1.54, 1.807) is 24.3 Å². The summed E-state index contributed by atoms with van der Waals surface area (Å²) in [5, 5.41) is 22.1. The molecule has 182 valence electrons. The van der Waals surface area contributed by atoms with E-state index in [1.807, 2.05) is 5.32 Å². The Morgan fingerprint density at radius 3 is 1.91 bits per heavy atom. The second-order valence-corrected chi connectivity index (χ2v) is 7.58. The number of hydrogen-bond acceptors (Lipinski definition) is 5. The SMILES string of the molecule is CC(=O)NC(C)(C(F)F)[C@H](NC(=O)c1ccc(C#CC#Cc2ccc(CO)cc2)cc1)C(=O)NO. The van der Waals surface area contributed by atoms with Crippen LogP contribution in [0.1, 0.15) is 40.9 Å². The number of carbonyl (C=O) groups excluding carboxylic acids is 3. The van der Waals surface area contributed by atoms with Crippen LogP contribution in [-0.2, 0) is 16.2 Å². The van der Waals surface area contributed by atoms with Gasteiger partial charge in [0.2, 0.25) is 5.91 Å². The van der Waals surface area contributed by atoms with Gasteiger partial charge in [0, 0.05) is 23.6 Å². The van der Waals surface area contributed by atoms with Gasteiger partial charge in [0.15, 0.2) is 0 Å². The molecule has 0 spiro atoms. The third-order valence-electron chi connectivity index (χ3n) is 4.91. The first kappa shape index (κ1) is 27.0. The van der Waals surface area contributed by atoms with Crippen LogP contribution in [0.25, 0.3) is 0 Å². The molecule has 2 atom stereocenters. The quantitative estimate of drug-likeness (QED) is 0.231. The Labute approximate surface area is 200 Å². The van der Waals surface area contributed by atoms with Crippen LogP contribution >= 0.6 is 0 Å². The number of hydroxylamine groups is 1. The van der Waals surface area contributed by atoms with Crippen molar-refractivity contribution in [3.63, 3.8) is 0 Å². The zero-order chi connectivity index (χ0) is 26.0. The van der Waals surface area contributed by atoms with E-state index in [4.69, 9.17) is 10.3 Å². The molecule has 0 saturated carbocycles. The van der Waals surface area contributed by atoms with E-state index >= 15 is 0 Å². The molecule has 0 saturated heterocycles. The molecule has 2 aromatic rings. The highest BCUT2D eigenvalue weighted by Crippen LogP contribution is 2.21. The van der Waals surface area contributed by atoms with Gasteiger partial charge in [-0.3, -0.25) is 19.6 Å². The smallest absolute Gasteiger partial charge is 0.268 e. The van der Waals surface area contributed by atoms with Gasteiger partial charge >= 0.3 is 0 Å². The number of carbonyl (C=O) groups is 3. The Morgan fingerprint density at radius 1 is 0.971 bits per heavy atom. The molecule has 2 rings (SSSR count). The first-order valence-electron chi connectivity index (χ1n) is 10.2. The topological polar surface area (TPSA) is 128 Å². The maximum atomic E-state index is 13.7. The molecular weight excluding hydrogens is 460 g/mol. The van der Waals surface area contributed by atoms with Crippen LogP contribution in [0, 0.1) is 23.7 Å². The standard InChI is InChI=1S/C25H23F2N3O5/c1-16(32)29-25(2,24(26)27)21(23(34)30-35)28-22(33)20-13-11-18(12-14-20)6-4-3-5-17-7-9-19(15-31)10-8-17/h7-14,21,24,31,35H,15H2,1-2H3,(H,28,33)(H,29,32)(H,30,34)/t21-,25?/m1/s1. The number of nitrogens with one attached hydrogen (secondary N) is 3. The first-order chi connectivity index (χ1) is 16.6. The van der Waals surface area contributed by atoms with E-state index in [2.05, 4.69) is 29.0 Å². The summed E-state index contributed by atoms with van der Waals surface area (Å²) < 4.78 is 27.4. The van der Waals surface area contributed by atoms with Crippen LogP contribution in [-0.4, -0.2) is 46.0 Å². The van der Waals surface area contributed by atoms with Crippen LogP contribution in [0.2, 0.25) is 0 Å². The van der Waals surface area contributed by atoms with Gasteiger partial charge in [0.05, 0.1) is 6.61 Å². The normalized spacial score (nSPS) is 12.7. The molecule has 8 nitrogen and oxygen atoms in total. The van der Waals surface area contributed by atoms with Crippen molar-refractivity contribution in [1.82, 2.24) is 16.1 Å². The summed E-state index contributed by atoms with van der Waals surface area (Å²) >= 11 is 0. The van der Waals surface area contributed by atoms with Crippen molar-refractivity contribution < 1.29 is 33.5 Å². The Hall–Kier alpha value is -4.25. The Balaban J connectivity index is 2.15. The fourth-order valence-corrected chi connectivity index (χ4v) is 3.00. The van der Waals surface area contributed by atoms with E-state index in [0.29, 0.717) is 5.56 Å². The van der Waals surface area contributed by atoms with Gasteiger partial charge in [0.25, 0.3) is 18.2 Å². The van der Waals surface area contributed by atoms with E-state index in [-0.39, 0.29) is 12.2 Å². The number of halogens is 2. The monoisotopic (exact) mass is 483 g/mol. The number of aliphatic hydroxyl groups excluding tert-OH is 1. The molecule has 35 heavy (non-hydrogen) atoms. The predicted molar refractivity (Wildman–Crippen MR) is 122 cm³/mol. The lowest BCUT2D eigenvalue weighted by Crippen LogP contribution is -2.68. The summed E-state index contributed by atoms with van der Waals surface area (Å²) in [6.07, 6.45) is -3.25. The zero-order valence-electron chi connectivity index (χ0n) is 18.9. The Kier molecular flexibility index (Phi) is 9.47. The Bertz CT molecular complexity index is 1190. The molecular formula is C25H23F2N3O5. The van der Waals surface area contributed by atoms with Crippen LogP contribution in [0.4, 0.5) is 8.78 Å². The third kappa shape index (κ3) is 7.37. The van der Waals surface area contributed by atoms with Crippen molar-refractivity contribution >= 4 is 17.7 Å². The van der Waals surface area contributed by atoms with Gasteiger partial charge in [-0.1, -0.05) is 24.0 Å². The van der Waals surface area contributed by atoms with Crippen molar-refractivity contribution in [2.24, 2.45) is 0 Å². The molecule has 2 aromatic carbocycles. The number of alkyl halides is 2. The third-order valence-corrected chi connectivity index (χ3v) is 4.91. The molecule has 0 fully saturated rings. The lowest BCUT2D eigenvalue weighted by molar-refractivity contribution is -0.137. The molecule has 3 amide bonds. The molecule has 0 aliphatic heterocycles. The number of benzene rings is 2. The van der Waals surface area contributed by atoms with Crippen LogP contribution in [0.3, 0.4) is 0 Å². The second kappa shape index (κ2) is 12.3. The van der Waals surface area contributed by atoms with Crippen molar-refractivity contribution in [3.8, 4) is 23.7 Å². The molecule has 0 aliphatic carbocycles. The van der Waals surface area contributed by atoms with E-state index in [1.165, 1.54) is 29.7 Å². The van der Waals surface area contributed by atoms with Gasteiger partial charge in [-0.05, 0) is 60.7 Å². The van der Waals surface area contributed by atoms with Crippen LogP contribution < -0.4 is 16.1 Å². The van der Waals surface area contributed by atoms with Crippen molar-refractivity contribution in [2.75, 3.05) is 0 Å². The summed E-state index contributed by atoms with van der Waals surface area (Å²) in [5.41, 5.74) is 0.779. The molecule has 10 heteroatoms. The summed E-state index contributed by atoms with van der Waals surface area (Å²) in [4.78, 5) is 36.0. The zero-order valence-corrected chi connectivity index (χ0v) is 18.9. The minimum absolute atomic E-state index is 0.0285. The maximum Gasteiger partial charge on any atom is 0.268 e. The molecule has 5 N–H and O–H groups in total. The van der Waals surface area contributed by atoms with Gasteiger partial charge in [-0.25, -0.2) is 14.3 Å². The lowest BCUT2D eigenvalue weighted by Gasteiger charge is -2.36. The average Bonchev–Trinajstić information content (AvgIpc) is 2.84. The van der Waals surface area contributed by atoms with E-state index < -0.39 is 35.7 Å². The second-order valence-electron chi connectivity index (χ2n) is 7.58. The summed E-state index contributed by atoms with van der Waals surface area (Å²) in [6, 6.07) is 10.8. The fraction of sp³-hybridized carbons (Fsp3) is 0.240. The van der Waals surface area contributed by atoms with Gasteiger partial charge in [0.1, 0.15) is 11.6 Å². The molecule has 0 aromatic heterocycles. The number of amides is 3. The van der Waals surface area contributed by atoms with Gasteiger partial charge in [-0.2, -0.15) is 0 Å². The molecule has 0 radical (unpaired) electrons. The van der Waals surface area contributed by atoms with E-state index in [9.17, 15) is 23.2 Å². The number of rotatable bonds is 7. The van der Waals surface area contributed by atoms with Crippen molar-refractivity contribution in [1.29, 1.82) is 0 Å². The highest BCUT2D eigenvalue weighted by molar-refractivity contribution is 5.98. The van der Waals surface area contributed by atoms with Crippen molar-refractivity contribution in [2.45, 2.75) is 38.5 Å². The van der Waals surface area contributed by atoms with Gasteiger partial charge < -0.3 is 15.7 Å². The predicted octanol–water partition coefficient (Wildman–Crippen LogP) is 1.35. The van der Waals surface area contributed by atoms with Crippen LogP contribution in [0.5, 0.6) is 0 Å². The highest BCUT2D eigenvalue weighted by atomic mass is 19.3. The minimum Gasteiger partial charge on any atom is -0.392 e. The van der Waals surface area contributed by atoms with Crippen molar-refractivity contribution in [3.05, 3.63) is 70.8 Å². The lowest BCUT2D eigenvalue weighted by atomic mass is 9.91. The van der Waals surface area contributed by atoms with E-state index in [0.717, 1.165) is 25.0 Å². The molecule has 0 aliphatic rings. The van der Waals surface area contributed by atoms with Gasteiger partial charge in [-0.15, -0.1) is 0 Å². The fourth-order valence-electron chi connectivity index (χ4n) is 3.00. The summed E-state index contributed by atoms with van der Waals surface area (Å²) in [7, 11) is 0. The minimum atomic E-state index is -3.25. The largest absolute Gasteiger partial charge is 0.392 e. The first-order valence-corrected chi connectivity index (χ1v) is 10.2. The van der Waals surface area contributed by atoms with Crippen LogP contribution in [0.15, 0.2) is 48.5 Å². The summed E-state index contributed by atoms with van der Waals surface area (Å²) in [6.45, 7) is 1.80. The summed E-state index contributed by atoms with van der Waals surface area (Å²) in [5.74, 6) is 7.92. The maximum absolute atomic E-state index is 13.7. The number of hydrogen-bond donors (Lipinski definition) is 5. The molecule has 1 unspecified atom stereocenters.